The van der Waals surface area contributed by atoms with Gasteiger partial charge >= 0.3 is 0 Å². The number of benzene rings is 5. The van der Waals surface area contributed by atoms with E-state index < -0.39 is 14.9 Å². The van der Waals surface area contributed by atoms with Crippen molar-refractivity contribution in [1.29, 1.82) is 0 Å². The summed E-state index contributed by atoms with van der Waals surface area (Å²) in [5.41, 5.74) is 7.82. The van der Waals surface area contributed by atoms with Crippen LogP contribution in [0.25, 0.3) is 61.1 Å². The first-order chi connectivity index (χ1) is 24.9. The van der Waals surface area contributed by atoms with Gasteiger partial charge < -0.3 is 14.0 Å². The third-order valence-corrected chi connectivity index (χ3v) is 10.8. The maximum absolute atomic E-state index is 7.67. The molecule has 0 bridgehead atoms. The molecule has 3 aromatic heterocycles. The predicted octanol–water partition coefficient (Wildman–Crippen LogP) is 11.0. The quantitative estimate of drug-likeness (QED) is 0.124. The van der Waals surface area contributed by atoms with Gasteiger partial charge in [-0.05, 0) is 65.1 Å². The monoisotopic (exact) mass is 851 g/mol. The third-order valence-electron chi connectivity index (χ3n) is 8.70. The largest absolute Gasteiger partial charge is 0.557 e. The van der Waals surface area contributed by atoms with Crippen LogP contribution in [0.3, 0.4) is 0 Å². The molecule has 0 amide bonds. The van der Waals surface area contributed by atoms with E-state index in [1.807, 2.05) is 54.6 Å². The Kier molecular flexibility index (Phi) is 9.22. The summed E-state index contributed by atoms with van der Waals surface area (Å²) in [4.78, 5) is 9.58. The molecule has 0 aliphatic rings. The SMILES string of the molecule is CC(C)Cc1cc(-c2[c-]cccc2)ncc1[Si](C)(C)C.[2H]C([2H])([2H])c1ccc2c(-c3nc4ccccc4n3-c3ccc4ccccc4c3)[c-]oc2c1.[Ir]. The Labute approximate surface area is 313 Å². The van der Waals surface area contributed by atoms with E-state index in [4.69, 9.17) is 13.5 Å². The average molecular weight is 851 g/mol. The molecule has 4 nitrogen and oxygen atoms in total. The zero-order valence-electron chi connectivity index (χ0n) is 31.9. The standard InChI is InChI=1S/C26H17N2O.C18H24NSi.Ir/c1-17-10-13-21-22(16-29-25(21)14-17)26-27-23-8-4-5-9-24(23)28(26)20-12-11-18-6-2-3-7-19(18)15-20;1-14(2)11-16-12-17(15-9-7-6-8-10-15)19-13-18(16)20(3,4)5;/h2-15H,1H3;6-9,12-14H,11H2,1-5H3;/q2*-1;/i1D3;;. The van der Waals surface area contributed by atoms with Crippen LogP contribution in [0.4, 0.5) is 0 Å². The van der Waals surface area contributed by atoms with E-state index in [1.165, 1.54) is 16.1 Å². The smallest absolute Gasteiger partial charge is 0.0798 e. The van der Waals surface area contributed by atoms with Crippen LogP contribution in [0.2, 0.25) is 19.6 Å². The maximum Gasteiger partial charge on any atom is 0.0798 e. The van der Waals surface area contributed by atoms with Gasteiger partial charge in [0.1, 0.15) is 0 Å². The molecule has 6 heteroatoms. The minimum Gasteiger partial charge on any atom is -0.557 e. The van der Waals surface area contributed by atoms with Crippen LogP contribution in [0.15, 0.2) is 126 Å². The number of hydrogen-bond acceptors (Lipinski definition) is 3. The minimum absolute atomic E-state index is 0. The van der Waals surface area contributed by atoms with Gasteiger partial charge in [0.15, 0.2) is 0 Å². The Morgan fingerprint density at radius 2 is 1.64 bits per heavy atom. The molecule has 0 saturated carbocycles. The summed E-state index contributed by atoms with van der Waals surface area (Å²) in [5.74, 6) is 1.36. The molecule has 8 rings (SSSR count). The van der Waals surface area contributed by atoms with Crippen molar-refractivity contribution in [3.8, 4) is 28.3 Å². The average Bonchev–Trinajstić information content (AvgIpc) is 3.72. The van der Waals surface area contributed by atoms with Crippen LogP contribution >= 0.6 is 0 Å². The van der Waals surface area contributed by atoms with Crippen LogP contribution in [0.1, 0.15) is 29.1 Å². The molecule has 253 valence electrons. The van der Waals surface area contributed by atoms with Crippen molar-refractivity contribution in [2.24, 2.45) is 5.92 Å². The van der Waals surface area contributed by atoms with E-state index in [0.717, 1.165) is 45.2 Å². The number of imidazole rings is 1. The van der Waals surface area contributed by atoms with E-state index in [1.54, 1.807) is 18.2 Å². The number of aryl methyl sites for hydroxylation is 1. The third kappa shape index (κ3) is 7.29. The van der Waals surface area contributed by atoms with Crippen molar-refractivity contribution in [3.05, 3.63) is 145 Å². The molecule has 3 heterocycles. The van der Waals surface area contributed by atoms with E-state index in [0.29, 0.717) is 22.9 Å². The van der Waals surface area contributed by atoms with Gasteiger partial charge in [0.2, 0.25) is 0 Å². The fourth-order valence-electron chi connectivity index (χ4n) is 6.39. The van der Waals surface area contributed by atoms with Gasteiger partial charge in [-0.25, -0.2) is 0 Å². The zero-order chi connectivity index (χ0) is 36.6. The molecule has 0 spiro atoms. The molecule has 8 aromatic rings. The van der Waals surface area contributed by atoms with Gasteiger partial charge in [0, 0.05) is 47.9 Å². The second kappa shape index (κ2) is 14.7. The van der Waals surface area contributed by atoms with Gasteiger partial charge in [0.25, 0.3) is 0 Å². The number of para-hydroxylation sites is 2. The van der Waals surface area contributed by atoms with Gasteiger partial charge in [0.05, 0.1) is 24.9 Å². The van der Waals surface area contributed by atoms with Crippen molar-refractivity contribution in [3.63, 3.8) is 0 Å². The second-order valence-electron chi connectivity index (χ2n) is 13.9. The Morgan fingerprint density at radius 1 is 0.860 bits per heavy atom. The Balaban J connectivity index is 0.000000199. The molecule has 0 saturated heterocycles. The van der Waals surface area contributed by atoms with Crippen LogP contribution in [-0.2, 0) is 26.5 Å². The number of nitrogens with zero attached hydrogens (tertiary/aromatic N) is 3. The van der Waals surface area contributed by atoms with Crippen LogP contribution < -0.4 is 5.19 Å². The van der Waals surface area contributed by atoms with Gasteiger partial charge in [-0.3, -0.25) is 4.98 Å². The number of pyridine rings is 1. The number of fused-ring (bicyclic) bond motifs is 3. The maximum atomic E-state index is 7.67. The van der Waals surface area contributed by atoms with Gasteiger partial charge in [-0.2, -0.15) is 0 Å². The number of aromatic nitrogens is 3. The number of hydrogen-bond donors (Lipinski definition) is 0. The number of rotatable bonds is 6. The minimum atomic E-state index is -2.20. The van der Waals surface area contributed by atoms with Gasteiger partial charge in [-0.1, -0.05) is 116 Å². The molecule has 1 radical (unpaired) electrons. The van der Waals surface area contributed by atoms with E-state index >= 15 is 0 Å². The summed E-state index contributed by atoms with van der Waals surface area (Å²) >= 11 is 0. The van der Waals surface area contributed by atoms with Crippen LogP contribution in [0.5, 0.6) is 0 Å². The molecular weight excluding hydrogens is 807 g/mol. The fraction of sp³-hybridized carbons (Fsp3) is 0.182. The number of furan rings is 1. The molecule has 5 aromatic carbocycles. The Bertz CT molecular complexity index is 2520. The summed E-state index contributed by atoms with van der Waals surface area (Å²) in [5, 5.41) is 4.57. The summed E-state index contributed by atoms with van der Waals surface area (Å²) in [6.07, 6.45) is 6.21. The zero-order valence-corrected chi connectivity index (χ0v) is 32.3. The van der Waals surface area contributed by atoms with Crippen LogP contribution in [0, 0.1) is 25.1 Å². The van der Waals surface area contributed by atoms with Crippen molar-refractivity contribution in [1.82, 2.24) is 14.5 Å². The topological polar surface area (TPSA) is 43.9 Å². The van der Waals surface area contributed by atoms with E-state index in [9.17, 15) is 0 Å². The first-order valence-corrected chi connectivity index (χ1v) is 20.2. The van der Waals surface area contributed by atoms with Crippen molar-refractivity contribution < 1.29 is 28.6 Å². The van der Waals surface area contributed by atoms with Crippen molar-refractivity contribution in [2.75, 3.05) is 0 Å². The first kappa shape index (κ1) is 31.4. The Morgan fingerprint density at radius 3 is 2.40 bits per heavy atom. The molecule has 0 fully saturated rings. The Hall–Kier alpha value is -4.61. The molecular formula is C44H41IrN3OSi-2. The molecule has 0 atom stereocenters. The molecule has 0 N–H and O–H groups in total. The van der Waals surface area contributed by atoms with Crippen LogP contribution in [-0.4, -0.2) is 22.6 Å². The first-order valence-electron chi connectivity index (χ1n) is 18.2. The molecule has 0 aliphatic heterocycles. The summed E-state index contributed by atoms with van der Waals surface area (Å²) in [7, 11) is -1.34. The van der Waals surface area contributed by atoms with E-state index in [2.05, 4.69) is 104 Å². The van der Waals surface area contributed by atoms with E-state index in [-0.39, 0.29) is 25.7 Å². The molecule has 50 heavy (non-hydrogen) atoms. The fourth-order valence-corrected chi connectivity index (χ4v) is 7.98. The second-order valence-corrected chi connectivity index (χ2v) is 19.0. The molecule has 0 unspecified atom stereocenters. The summed E-state index contributed by atoms with van der Waals surface area (Å²) in [6.45, 7) is 9.54. The normalized spacial score (nSPS) is 12.6. The van der Waals surface area contributed by atoms with Crippen molar-refractivity contribution >= 4 is 46.0 Å². The summed E-state index contributed by atoms with van der Waals surface area (Å²) in [6, 6.07) is 41.1. The predicted molar refractivity (Wildman–Crippen MR) is 207 cm³/mol. The molecule has 0 aliphatic carbocycles. The summed E-state index contributed by atoms with van der Waals surface area (Å²) < 4.78 is 30.8. The van der Waals surface area contributed by atoms with Crippen molar-refractivity contribution in [2.45, 2.75) is 46.8 Å². The van der Waals surface area contributed by atoms with Gasteiger partial charge in [-0.15, -0.1) is 42.0 Å².